The van der Waals surface area contributed by atoms with E-state index in [1.54, 1.807) is 24.3 Å². The van der Waals surface area contributed by atoms with Gasteiger partial charge in [0.1, 0.15) is 5.69 Å². The summed E-state index contributed by atoms with van der Waals surface area (Å²) in [4.78, 5) is 29.0. The van der Waals surface area contributed by atoms with Crippen LogP contribution in [0.1, 0.15) is 32.1 Å². The van der Waals surface area contributed by atoms with Crippen LogP contribution in [-0.2, 0) is 0 Å². The summed E-state index contributed by atoms with van der Waals surface area (Å²) >= 11 is 0. The van der Waals surface area contributed by atoms with Crippen molar-refractivity contribution in [2.45, 2.75) is 6.92 Å². The number of imidazole rings is 1. The average Bonchev–Trinajstić information content (AvgIpc) is 2.78. The summed E-state index contributed by atoms with van der Waals surface area (Å²) in [5.41, 5.74) is 1.20. The Labute approximate surface area is 97.1 Å². The van der Waals surface area contributed by atoms with Crippen LogP contribution in [0.15, 0.2) is 30.6 Å². The summed E-state index contributed by atoms with van der Waals surface area (Å²) in [6.45, 7) is 1.91. The topological polar surface area (TPSA) is 83.0 Å². The maximum Gasteiger partial charge on any atom is 0.354 e. The maximum atomic E-state index is 12.0. The van der Waals surface area contributed by atoms with Gasteiger partial charge in [0, 0.05) is 5.56 Å². The summed E-state index contributed by atoms with van der Waals surface area (Å²) in [5.74, 6) is -1.60. The second-order valence-corrected chi connectivity index (χ2v) is 3.63. The summed E-state index contributed by atoms with van der Waals surface area (Å²) in [6.07, 6.45) is 1.20. The number of aromatic carboxylic acids is 1. The number of ketones is 1. The summed E-state index contributed by atoms with van der Waals surface area (Å²) in [7, 11) is 0. The molecule has 0 aliphatic heterocycles. The molecule has 0 atom stereocenters. The monoisotopic (exact) mass is 230 g/mol. The molecule has 1 aromatic carbocycles. The smallest absolute Gasteiger partial charge is 0.354 e. The number of carbonyl (C=O) groups excluding carboxylic acids is 1. The number of benzene rings is 1. The Morgan fingerprint density at radius 3 is 2.47 bits per heavy atom. The van der Waals surface area contributed by atoms with Crippen LogP contribution in [0.3, 0.4) is 0 Å². The SMILES string of the molecule is Cc1ccc(C(=O)c2nc[nH]c2C(=O)O)cc1. The number of nitrogens with one attached hydrogen (secondary N) is 1. The molecule has 0 bridgehead atoms. The number of aromatic nitrogens is 2. The van der Waals surface area contributed by atoms with Crippen molar-refractivity contribution >= 4 is 11.8 Å². The number of hydrogen-bond acceptors (Lipinski definition) is 3. The summed E-state index contributed by atoms with van der Waals surface area (Å²) in [5, 5.41) is 8.87. The second kappa shape index (κ2) is 4.21. The minimum Gasteiger partial charge on any atom is -0.477 e. The first-order valence-electron chi connectivity index (χ1n) is 4.97. The molecule has 1 heterocycles. The van der Waals surface area contributed by atoms with Crippen molar-refractivity contribution in [1.82, 2.24) is 9.97 Å². The van der Waals surface area contributed by atoms with E-state index in [1.807, 2.05) is 6.92 Å². The third-order valence-corrected chi connectivity index (χ3v) is 2.38. The lowest BCUT2D eigenvalue weighted by molar-refractivity contribution is 0.0687. The molecule has 17 heavy (non-hydrogen) atoms. The van der Waals surface area contributed by atoms with Gasteiger partial charge in [-0.1, -0.05) is 29.8 Å². The van der Waals surface area contributed by atoms with Gasteiger partial charge >= 0.3 is 5.97 Å². The predicted octanol–water partition coefficient (Wildman–Crippen LogP) is 1.65. The molecule has 0 unspecified atom stereocenters. The molecule has 0 radical (unpaired) electrons. The lowest BCUT2D eigenvalue weighted by Gasteiger charge is -1.99. The molecule has 0 aliphatic rings. The minimum absolute atomic E-state index is 0.0682. The zero-order valence-corrected chi connectivity index (χ0v) is 9.10. The van der Waals surface area contributed by atoms with E-state index < -0.39 is 11.8 Å². The molecule has 2 aromatic rings. The first kappa shape index (κ1) is 11.1. The fourth-order valence-corrected chi connectivity index (χ4v) is 1.47. The number of rotatable bonds is 3. The number of H-pyrrole nitrogens is 1. The molecule has 1 aromatic heterocycles. The van der Waals surface area contributed by atoms with Crippen LogP contribution in [0.25, 0.3) is 0 Å². The first-order valence-corrected chi connectivity index (χ1v) is 4.97. The minimum atomic E-state index is -1.20. The Morgan fingerprint density at radius 2 is 1.88 bits per heavy atom. The quantitative estimate of drug-likeness (QED) is 0.785. The van der Waals surface area contributed by atoms with Crippen molar-refractivity contribution in [3.63, 3.8) is 0 Å². The van der Waals surface area contributed by atoms with E-state index in [0.717, 1.165) is 5.56 Å². The average molecular weight is 230 g/mol. The van der Waals surface area contributed by atoms with Crippen LogP contribution in [0.4, 0.5) is 0 Å². The molecule has 0 fully saturated rings. The van der Waals surface area contributed by atoms with E-state index in [9.17, 15) is 9.59 Å². The van der Waals surface area contributed by atoms with Crippen LogP contribution in [0.2, 0.25) is 0 Å². The highest BCUT2D eigenvalue weighted by atomic mass is 16.4. The molecule has 0 amide bonds. The Bertz CT molecular complexity index is 570. The highest BCUT2D eigenvalue weighted by molar-refractivity contribution is 6.12. The molecule has 0 saturated carbocycles. The van der Waals surface area contributed by atoms with Gasteiger partial charge in [-0.05, 0) is 6.92 Å². The van der Waals surface area contributed by atoms with Crippen molar-refractivity contribution in [2.24, 2.45) is 0 Å². The molecule has 0 spiro atoms. The van der Waals surface area contributed by atoms with Crippen LogP contribution < -0.4 is 0 Å². The van der Waals surface area contributed by atoms with Gasteiger partial charge in [0.15, 0.2) is 5.69 Å². The third kappa shape index (κ3) is 2.08. The molecule has 2 rings (SSSR count). The molecular weight excluding hydrogens is 220 g/mol. The number of aryl methyl sites for hydroxylation is 1. The van der Waals surface area contributed by atoms with Gasteiger partial charge in [0.05, 0.1) is 6.33 Å². The van der Waals surface area contributed by atoms with Crippen molar-refractivity contribution in [1.29, 1.82) is 0 Å². The van der Waals surface area contributed by atoms with Crippen molar-refractivity contribution in [2.75, 3.05) is 0 Å². The zero-order valence-electron chi connectivity index (χ0n) is 9.10. The number of hydrogen-bond donors (Lipinski definition) is 2. The van der Waals surface area contributed by atoms with E-state index in [1.165, 1.54) is 6.33 Å². The van der Waals surface area contributed by atoms with Gasteiger partial charge in [-0.15, -0.1) is 0 Å². The molecular formula is C12H10N2O3. The number of carboxylic acid groups (broad SMARTS) is 1. The Kier molecular flexibility index (Phi) is 2.74. The number of carbonyl (C=O) groups is 2. The van der Waals surface area contributed by atoms with Crippen LogP contribution >= 0.6 is 0 Å². The number of carboxylic acids is 1. The first-order chi connectivity index (χ1) is 8.09. The van der Waals surface area contributed by atoms with Crippen LogP contribution in [-0.4, -0.2) is 26.8 Å². The van der Waals surface area contributed by atoms with Gasteiger partial charge < -0.3 is 10.1 Å². The van der Waals surface area contributed by atoms with E-state index in [2.05, 4.69) is 9.97 Å². The van der Waals surface area contributed by atoms with E-state index in [0.29, 0.717) is 5.56 Å². The molecule has 0 aliphatic carbocycles. The fraction of sp³-hybridized carbons (Fsp3) is 0.0833. The van der Waals surface area contributed by atoms with E-state index >= 15 is 0 Å². The molecule has 86 valence electrons. The van der Waals surface area contributed by atoms with Crippen LogP contribution in [0.5, 0.6) is 0 Å². The predicted molar refractivity (Wildman–Crippen MR) is 60.2 cm³/mol. The van der Waals surface area contributed by atoms with Gasteiger partial charge in [-0.25, -0.2) is 9.78 Å². The number of nitrogens with zero attached hydrogens (tertiary/aromatic N) is 1. The van der Waals surface area contributed by atoms with Crippen LogP contribution in [0, 0.1) is 6.92 Å². The summed E-state index contributed by atoms with van der Waals surface area (Å²) in [6, 6.07) is 6.89. The second-order valence-electron chi connectivity index (χ2n) is 3.63. The van der Waals surface area contributed by atoms with E-state index in [4.69, 9.17) is 5.11 Å². The van der Waals surface area contributed by atoms with Crippen molar-refractivity contribution < 1.29 is 14.7 Å². The maximum absolute atomic E-state index is 12.0. The Balaban J connectivity index is 2.40. The zero-order chi connectivity index (χ0) is 12.4. The molecule has 5 heteroatoms. The number of aromatic amines is 1. The van der Waals surface area contributed by atoms with Gasteiger partial charge in [-0.3, -0.25) is 4.79 Å². The van der Waals surface area contributed by atoms with Gasteiger partial charge in [-0.2, -0.15) is 0 Å². The molecule has 2 N–H and O–H groups in total. The molecule has 0 saturated heterocycles. The lowest BCUT2D eigenvalue weighted by Crippen LogP contribution is -2.09. The summed E-state index contributed by atoms with van der Waals surface area (Å²) < 4.78 is 0. The van der Waals surface area contributed by atoms with E-state index in [-0.39, 0.29) is 11.4 Å². The third-order valence-electron chi connectivity index (χ3n) is 2.38. The van der Waals surface area contributed by atoms with Crippen molar-refractivity contribution in [3.05, 3.63) is 53.1 Å². The Morgan fingerprint density at radius 1 is 1.24 bits per heavy atom. The normalized spacial score (nSPS) is 10.2. The fourth-order valence-electron chi connectivity index (χ4n) is 1.47. The van der Waals surface area contributed by atoms with Gasteiger partial charge in [0.2, 0.25) is 5.78 Å². The highest BCUT2D eigenvalue weighted by Gasteiger charge is 2.20. The van der Waals surface area contributed by atoms with Crippen molar-refractivity contribution in [3.8, 4) is 0 Å². The lowest BCUT2D eigenvalue weighted by atomic mass is 10.1. The highest BCUT2D eigenvalue weighted by Crippen LogP contribution is 2.12. The standard InChI is InChI=1S/C12H10N2O3/c1-7-2-4-8(5-3-7)11(15)9-10(12(16)17)14-6-13-9/h2-6H,1H3,(H,13,14)(H,16,17). The Hall–Kier alpha value is -2.43. The largest absolute Gasteiger partial charge is 0.477 e. The van der Waals surface area contributed by atoms with Gasteiger partial charge in [0.25, 0.3) is 0 Å². The molecule has 5 nitrogen and oxygen atoms in total.